The van der Waals surface area contributed by atoms with Crippen molar-refractivity contribution >= 4 is 5.91 Å². The van der Waals surface area contributed by atoms with Gasteiger partial charge < -0.3 is 9.32 Å². The molecule has 3 rings (SSSR count). The highest BCUT2D eigenvalue weighted by molar-refractivity contribution is 5.94. The molecule has 0 aliphatic rings. The molecular weight excluding hydrogens is 341 g/mol. The van der Waals surface area contributed by atoms with Gasteiger partial charge in [0.2, 0.25) is 0 Å². The van der Waals surface area contributed by atoms with E-state index in [4.69, 9.17) is 4.42 Å². The summed E-state index contributed by atoms with van der Waals surface area (Å²) in [5, 5.41) is 0. The normalized spacial score (nSPS) is 11.4. The lowest BCUT2D eigenvalue weighted by Gasteiger charge is -2.23. The van der Waals surface area contributed by atoms with Crippen LogP contribution in [0.5, 0.6) is 0 Å². The lowest BCUT2D eigenvalue weighted by Crippen LogP contribution is -2.30. The van der Waals surface area contributed by atoms with Crippen molar-refractivity contribution in [2.75, 3.05) is 0 Å². The third kappa shape index (κ3) is 4.64. The van der Waals surface area contributed by atoms with Crippen LogP contribution in [0.2, 0.25) is 0 Å². The van der Waals surface area contributed by atoms with Gasteiger partial charge in [-0.25, -0.2) is 4.39 Å². The lowest BCUT2D eigenvalue weighted by molar-refractivity contribution is 0.0713. The molecule has 0 aliphatic heterocycles. The van der Waals surface area contributed by atoms with Crippen LogP contribution in [-0.4, -0.2) is 10.8 Å². The fourth-order valence-corrected chi connectivity index (χ4v) is 2.93. The first-order valence-electron chi connectivity index (χ1n) is 9.00. The van der Waals surface area contributed by atoms with Crippen molar-refractivity contribution in [1.29, 1.82) is 0 Å². The van der Waals surface area contributed by atoms with Crippen LogP contribution >= 0.6 is 0 Å². The van der Waals surface area contributed by atoms with Crippen LogP contribution < -0.4 is 0 Å². The minimum absolute atomic E-state index is 0.0649. The Morgan fingerprint density at radius 2 is 1.67 bits per heavy atom. The molecule has 0 spiro atoms. The second kappa shape index (κ2) is 7.78. The molecular formula is C23H24FNO2. The van der Waals surface area contributed by atoms with E-state index in [9.17, 15) is 9.18 Å². The van der Waals surface area contributed by atoms with Gasteiger partial charge in [-0.1, -0.05) is 57.2 Å². The minimum atomic E-state index is -0.518. The van der Waals surface area contributed by atoms with Gasteiger partial charge in [0.25, 0.3) is 5.91 Å². The summed E-state index contributed by atoms with van der Waals surface area (Å²) in [4.78, 5) is 14.6. The van der Waals surface area contributed by atoms with E-state index < -0.39 is 5.82 Å². The number of carbonyl (C=O) groups excluding carboxylic acids is 1. The van der Waals surface area contributed by atoms with Gasteiger partial charge in [-0.05, 0) is 40.8 Å². The average molecular weight is 365 g/mol. The Bertz CT molecular complexity index is 893. The summed E-state index contributed by atoms with van der Waals surface area (Å²) in [6, 6.07) is 17.8. The Balaban J connectivity index is 1.86. The van der Waals surface area contributed by atoms with E-state index in [0.717, 1.165) is 5.56 Å². The van der Waals surface area contributed by atoms with Crippen molar-refractivity contribution in [3.8, 4) is 0 Å². The number of hydrogen-bond donors (Lipinski definition) is 0. The van der Waals surface area contributed by atoms with Crippen molar-refractivity contribution in [3.05, 3.63) is 95.2 Å². The highest BCUT2D eigenvalue weighted by Gasteiger charge is 2.21. The molecule has 0 aliphatic carbocycles. The first-order valence-corrected chi connectivity index (χ1v) is 9.00. The van der Waals surface area contributed by atoms with Crippen molar-refractivity contribution < 1.29 is 13.6 Å². The summed E-state index contributed by atoms with van der Waals surface area (Å²) in [5.74, 6) is -0.217. The SMILES string of the molecule is CC(C)(C)c1ccc(CN(Cc2ccco2)C(=O)c2ccccc2F)cc1. The second-order valence-electron chi connectivity index (χ2n) is 7.67. The van der Waals surface area contributed by atoms with Gasteiger partial charge in [0.05, 0.1) is 18.4 Å². The Morgan fingerprint density at radius 3 is 2.26 bits per heavy atom. The zero-order valence-electron chi connectivity index (χ0n) is 15.9. The van der Waals surface area contributed by atoms with Crippen LogP contribution in [0.25, 0.3) is 0 Å². The zero-order valence-corrected chi connectivity index (χ0v) is 15.9. The Kier molecular flexibility index (Phi) is 5.45. The second-order valence-corrected chi connectivity index (χ2v) is 7.67. The molecule has 0 saturated carbocycles. The lowest BCUT2D eigenvalue weighted by atomic mass is 9.87. The predicted molar refractivity (Wildman–Crippen MR) is 104 cm³/mol. The van der Waals surface area contributed by atoms with E-state index in [0.29, 0.717) is 12.3 Å². The fourth-order valence-electron chi connectivity index (χ4n) is 2.93. The molecule has 0 bridgehead atoms. The number of hydrogen-bond acceptors (Lipinski definition) is 2. The van der Waals surface area contributed by atoms with Crippen LogP contribution in [0, 0.1) is 5.82 Å². The molecule has 3 nitrogen and oxygen atoms in total. The topological polar surface area (TPSA) is 33.5 Å². The van der Waals surface area contributed by atoms with E-state index in [1.165, 1.54) is 17.7 Å². The Hall–Kier alpha value is -2.88. The van der Waals surface area contributed by atoms with Gasteiger partial charge in [-0.15, -0.1) is 0 Å². The predicted octanol–water partition coefficient (Wildman–Crippen LogP) is 5.56. The quantitative estimate of drug-likeness (QED) is 0.593. The zero-order chi connectivity index (χ0) is 19.4. The van der Waals surface area contributed by atoms with E-state index in [-0.39, 0.29) is 23.4 Å². The van der Waals surface area contributed by atoms with Gasteiger partial charge >= 0.3 is 0 Å². The van der Waals surface area contributed by atoms with E-state index >= 15 is 0 Å². The molecule has 27 heavy (non-hydrogen) atoms. The van der Waals surface area contributed by atoms with Gasteiger partial charge in [0, 0.05) is 6.54 Å². The average Bonchev–Trinajstić information content (AvgIpc) is 3.14. The van der Waals surface area contributed by atoms with E-state index in [2.05, 4.69) is 32.9 Å². The molecule has 1 amide bonds. The van der Waals surface area contributed by atoms with Crippen LogP contribution in [0.3, 0.4) is 0 Å². The first-order chi connectivity index (χ1) is 12.8. The number of benzene rings is 2. The Labute approximate surface area is 159 Å². The Morgan fingerprint density at radius 1 is 0.963 bits per heavy atom. The third-order valence-electron chi connectivity index (χ3n) is 4.51. The van der Waals surface area contributed by atoms with Gasteiger partial charge in [-0.2, -0.15) is 0 Å². The fraction of sp³-hybridized carbons (Fsp3) is 0.261. The van der Waals surface area contributed by atoms with Crippen LogP contribution in [0.4, 0.5) is 4.39 Å². The largest absolute Gasteiger partial charge is 0.467 e. The molecule has 0 fully saturated rings. The maximum absolute atomic E-state index is 14.1. The molecule has 3 aromatic rings. The molecule has 0 saturated heterocycles. The third-order valence-corrected chi connectivity index (χ3v) is 4.51. The molecule has 4 heteroatoms. The molecule has 0 unspecified atom stereocenters. The van der Waals surface area contributed by atoms with E-state index in [1.54, 1.807) is 29.4 Å². The number of carbonyl (C=O) groups is 1. The highest BCUT2D eigenvalue weighted by Crippen LogP contribution is 2.23. The smallest absolute Gasteiger partial charge is 0.257 e. The van der Waals surface area contributed by atoms with Crippen molar-refractivity contribution in [1.82, 2.24) is 4.90 Å². The minimum Gasteiger partial charge on any atom is -0.467 e. The summed E-state index contributed by atoms with van der Waals surface area (Å²) in [5.41, 5.74) is 2.34. The summed E-state index contributed by atoms with van der Waals surface area (Å²) >= 11 is 0. The monoisotopic (exact) mass is 365 g/mol. The summed E-state index contributed by atoms with van der Waals surface area (Å²) in [6.45, 7) is 7.13. The summed E-state index contributed by atoms with van der Waals surface area (Å²) in [7, 11) is 0. The molecule has 0 radical (unpaired) electrons. The van der Waals surface area contributed by atoms with Crippen molar-refractivity contribution in [2.24, 2.45) is 0 Å². The molecule has 2 aromatic carbocycles. The van der Waals surface area contributed by atoms with Crippen molar-refractivity contribution in [2.45, 2.75) is 39.3 Å². The summed E-state index contributed by atoms with van der Waals surface area (Å²) < 4.78 is 19.5. The molecule has 1 heterocycles. The number of furan rings is 1. The van der Waals surface area contributed by atoms with Gasteiger partial charge in [0.1, 0.15) is 11.6 Å². The number of rotatable bonds is 5. The maximum atomic E-state index is 14.1. The number of nitrogens with zero attached hydrogens (tertiary/aromatic N) is 1. The standard InChI is InChI=1S/C23H24FNO2/c1-23(2,3)18-12-10-17(11-13-18)15-25(16-19-7-6-14-27-19)22(26)20-8-4-5-9-21(20)24/h4-14H,15-16H2,1-3H3. The number of amides is 1. The summed E-state index contributed by atoms with van der Waals surface area (Å²) in [6.07, 6.45) is 1.57. The maximum Gasteiger partial charge on any atom is 0.257 e. The molecule has 1 aromatic heterocycles. The van der Waals surface area contributed by atoms with Crippen LogP contribution in [-0.2, 0) is 18.5 Å². The first kappa shape index (κ1) is 18.9. The van der Waals surface area contributed by atoms with Crippen LogP contribution in [0.15, 0.2) is 71.3 Å². The number of halogens is 1. The highest BCUT2D eigenvalue weighted by atomic mass is 19.1. The molecule has 140 valence electrons. The van der Waals surface area contributed by atoms with Crippen LogP contribution in [0.1, 0.15) is 48.0 Å². The van der Waals surface area contributed by atoms with Gasteiger partial charge in [0.15, 0.2) is 0 Å². The van der Waals surface area contributed by atoms with Gasteiger partial charge in [-0.3, -0.25) is 4.79 Å². The molecule has 0 N–H and O–H groups in total. The molecule has 0 atom stereocenters. The van der Waals surface area contributed by atoms with E-state index in [1.807, 2.05) is 18.2 Å². The van der Waals surface area contributed by atoms with Crippen molar-refractivity contribution in [3.63, 3.8) is 0 Å².